The number of amides is 1. The number of rotatable bonds is 3. The summed E-state index contributed by atoms with van der Waals surface area (Å²) in [7, 11) is 0. The molecule has 1 N–H and O–H groups in total. The Hall–Kier alpha value is -0.710. The van der Waals surface area contributed by atoms with E-state index < -0.39 is 9.70 Å². The first-order chi connectivity index (χ1) is 7.84. The maximum atomic E-state index is 11.4. The molecule has 0 saturated carbocycles. The summed E-state index contributed by atoms with van der Waals surface area (Å²) in [4.78, 5) is 15.4. The zero-order chi connectivity index (χ0) is 13.1. The molecule has 1 amide bonds. The maximum Gasteiger partial charge on any atom is 0.276 e. The quantitative estimate of drug-likeness (QED) is 0.872. The lowest BCUT2D eigenvalue weighted by molar-refractivity contribution is -0.115. The van der Waals surface area contributed by atoms with Gasteiger partial charge in [0.2, 0.25) is 5.88 Å². The number of hydrogen-bond donors (Lipinski definition) is 1. The third kappa shape index (κ3) is 4.22. The molecule has 0 aliphatic rings. The van der Waals surface area contributed by atoms with Gasteiger partial charge in [0, 0.05) is 5.56 Å². The van der Waals surface area contributed by atoms with Crippen molar-refractivity contribution in [3.8, 4) is 5.88 Å². The van der Waals surface area contributed by atoms with E-state index in [4.69, 9.17) is 39.5 Å². The molecule has 0 saturated heterocycles. The Bertz CT molecular complexity index is 419. The van der Waals surface area contributed by atoms with Crippen LogP contribution in [0.15, 0.2) is 12.3 Å². The second-order valence-corrected chi connectivity index (χ2v) is 5.51. The van der Waals surface area contributed by atoms with Crippen molar-refractivity contribution < 1.29 is 9.53 Å². The number of nitrogens with one attached hydrogen (secondary N) is 1. The number of halogens is 3. The first-order valence-corrected chi connectivity index (χ1v) is 5.95. The van der Waals surface area contributed by atoms with Gasteiger partial charge in [-0.15, -0.1) is 0 Å². The van der Waals surface area contributed by atoms with Crippen LogP contribution in [0.3, 0.4) is 0 Å². The van der Waals surface area contributed by atoms with Crippen LogP contribution in [0.1, 0.15) is 12.5 Å². The van der Waals surface area contributed by atoms with Gasteiger partial charge < -0.3 is 10.1 Å². The lowest BCUT2D eigenvalue weighted by Crippen LogP contribution is -2.27. The number of aromatic nitrogens is 1. The zero-order valence-electron chi connectivity index (χ0n) is 9.26. The predicted molar refractivity (Wildman–Crippen MR) is 69.1 cm³/mol. The molecule has 94 valence electrons. The zero-order valence-corrected chi connectivity index (χ0v) is 11.5. The Morgan fingerprint density at radius 3 is 2.65 bits per heavy atom. The standard InChI is InChI=1S/C10H11Cl3N2O2/c1-3-17-8-6(2)4-7(5-14-8)15-9(16)10(11,12)13/h4-5H,3H2,1-2H3,(H,15,16). The molecule has 0 atom stereocenters. The maximum absolute atomic E-state index is 11.4. The molecule has 17 heavy (non-hydrogen) atoms. The number of carbonyl (C=O) groups is 1. The van der Waals surface area contributed by atoms with Gasteiger partial charge in [-0.25, -0.2) is 4.98 Å². The molecule has 0 aromatic carbocycles. The van der Waals surface area contributed by atoms with E-state index in [1.165, 1.54) is 6.20 Å². The van der Waals surface area contributed by atoms with Gasteiger partial charge in [-0.3, -0.25) is 4.79 Å². The van der Waals surface area contributed by atoms with Crippen LogP contribution < -0.4 is 10.1 Å². The Balaban J connectivity index is 2.81. The molecule has 1 heterocycles. The van der Waals surface area contributed by atoms with Gasteiger partial charge in [-0.2, -0.15) is 0 Å². The average Bonchev–Trinajstić information content (AvgIpc) is 2.21. The summed E-state index contributed by atoms with van der Waals surface area (Å²) >= 11 is 16.3. The summed E-state index contributed by atoms with van der Waals surface area (Å²) in [5.74, 6) is -0.216. The molecule has 7 heteroatoms. The highest BCUT2D eigenvalue weighted by Crippen LogP contribution is 2.28. The highest BCUT2D eigenvalue weighted by molar-refractivity contribution is 6.76. The fraction of sp³-hybridized carbons (Fsp3) is 0.400. The molecule has 0 bridgehead atoms. The Morgan fingerprint density at radius 1 is 1.53 bits per heavy atom. The van der Waals surface area contributed by atoms with E-state index in [1.54, 1.807) is 6.07 Å². The molecule has 1 rings (SSSR count). The summed E-state index contributed by atoms with van der Waals surface area (Å²) in [6.45, 7) is 4.19. The molecule has 4 nitrogen and oxygen atoms in total. The van der Waals surface area contributed by atoms with Gasteiger partial charge in [0.25, 0.3) is 9.70 Å². The summed E-state index contributed by atoms with van der Waals surface area (Å²) in [5.41, 5.74) is 1.23. The lowest BCUT2D eigenvalue weighted by atomic mass is 10.3. The molecule has 0 unspecified atom stereocenters. The van der Waals surface area contributed by atoms with Crippen molar-refractivity contribution >= 4 is 46.4 Å². The normalized spacial score (nSPS) is 11.1. The van der Waals surface area contributed by atoms with Gasteiger partial charge in [0.05, 0.1) is 18.5 Å². The number of carbonyl (C=O) groups excluding carboxylic acids is 1. The second-order valence-electron chi connectivity index (χ2n) is 3.23. The molecular formula is C10H11Cl3N2O2. The van der Waals surface area contributed by atoms with Crippen LogP contribution in [0.2, 0.25) is 0 Å². The van der Waals surface area contributed by atoms with Crippen molar-refractivity contribution in [1.29, 1.82) is 0 Å². The number of ether oxygens (including phenoxy) is 1. The molecular weight excluding hydrogens is 286 g/mol. The lowest BCUT2D eigenvalue weighted by Gasteiger charge is -2.12. The van der Waals surface area contributed by atoms with Gasteiger partial charge in [0.1, 0.15) is 0 Å². The van der Waals surface area contributed by atoms with Gasteiger partial charge in [-0.1, -0.05) is 34.8 Å². The van der Waals surface area contributed by atoms with Crippen molar-refractivity contribution in [3.63, 3.8) is 0 Å². The van der Waals surface area contributed by atoms with Gasteiger partial charge in [0.15, 0.2) is 0 Å². The fourth-order valence-corrected chi connectivity index (χ4v) is 1.26. The first kappa shape index (κ1) is 14.4. The van der Waals surface area contributed by atoms with Gasteiger partial charge >= 0.3 is 0 Å². The van der Waals surface area contributed by atoms with Crippen molar-refractivity contribution in [2.45, 2.75) is 17.6 Å². The van der Waals surface area contributed by atoms with Crippen molar-refractivity contribution in [1.82, 2.24) is 4.98 Å². The van der Waals surface area contributed by atoms with Crippen LogP contribution in [0.4, 0.5) is 5.69 Å². The largest absolute Gasteiger partial charge is 0.478 e. The topological polar surface area (TPSA) is 51.2 Å². The number of nitrogens with zero attached hydrogens (tertiary/aromatic N) is 1. The van der Waals surface area contributed by atoms with E-state index in [0.29, 0.717) is 18.2 Å². The van der Waals surface area contributed by atoms with Crippen LogP contribution in [0, 0.1) is 6.92 Å². The predicted octanol–water partition coefficient (Wildman–Crippen LogP) is 3.10. The van der Waals surface area contributed by atoms with Crippen LogP contribution in [-0.2, 0) is 4.79 Å². The third-order valence-electron chi connectivity index (χ3n) is 1.83. The minimum absolute atomic E-state index is 0.447. The van der Waals surface area contributed by atoms with Crippen LogP contribution in [-0.4, -0.2) is 21.3 Å². The van der Waals surface area contributed by atoms with E-state index in [-0.39, 0.29) is 0 Å². The Kier molecular flexibility index (Phi) is 4.86. The van der Waals surface area contributed by atoms with E-state index in [1.807, 2.05) is 13.8 Å². The number of anilines is 1. The fourth-order valence-electron chi connectivity index (χ4n) is 1.12. The molecule has 0 radical (unpaired) electrons. The summed E-state index contributed by atoms with van der Waals surface area (Å²) < 4.78 is 3.27. The number of hydrogen-bond acceptors (Lipinski definition) is 3. The smallest absolute Gasteiger partial charge is 0.276 e. The second kappa shape index (κ2) is 5.76. The molecule has 0 spiro atoms. The molecule has 1 aromatic heterocycles. The van der Waals surface area contributed by atoms with E-state index in [2.05, 4.69) is 10.3 Å². The average molecular weight is 298 g/mol. The van der Waals surface area contributed by atoms with E-state index in [0.717, 1.165) is 5.56 Å². The molecule has 1 aromatic rings. The van der Waals surface area contributed by atoms with E-state index in [9.17, 15) is 4.79 Å². The monoisotopic (exact) mass is 296 g/mol. The van der Waals surface area contributed by atoms with Gasteiger partial charge in [-0.05, 0) is 19.9 Å². The summed E-state index contributed by atoms with van der Waals surface area (Å²) in [6, 6.07) is 1.69. The molecule has 0 fully saturated rings. The summed E-state index contributed by atoms with van der Waals surface area (Å²) in [6.07, 6.45) is 1.44. The van der Waals surface area contributed by atoms with Crippen LogP contribution in [0.25, 0.3) is 0 Å². The Morgan fingerprint density at radius 2 is 2.18 bits per heavy atom. The summed E-state index contributed by atoms with van der Waals surface area (Å²) in [5, 5.41) is 2.44. The first-order valence-electron chi connectivity index (χ1n) is 4.82. The van der Waals surface area contributed by atoms with Crippen molar-refractivity contribution in [3.05, 3.63) is 17.8 Å². The highest BCUT2D eigenvalue weighted by Gasteiger charge is 2.30. The van der Waals surface area contributed by atoms with E-state index >= 15 is 0 Å². The Labute approximate surface area is 114 Å². The molecule has 0 aliphatic carbocycles. The minimum atomic E-state index is -1.99. The highest BCUT2D eigenvalue weighted by atomic mass is 35.6. The number of aryl methyl sites for hydroxylation is 1. The minimum Gasteiger partial charge on any atom is -0.478 e. The number of pyridine rings is 1. The molecule has 0 aliphatic heterocycles. The number of alkyl halides is 3. The van der Waals surface area contributed by atoms with Crippen LogP contribution in [0.5, 0.6) is 5.88 Å². The van der Waals surface area contributed by atoms with Crippen molar-refractivity contribution in [2.24, 2.45) is 0 Å². The van der Waals surface area contributed by atoms with Crippen molar-refractivity contribution in [2.75, 3.05) is 11.9 Å². The SMILES string of the molecule is CCOc1ncc(NC(=O)C(Cl)(Cl)Cl)cc1C. The third-order valence-corrected chi connectivity index (χ3v) is 2.34. The van der Waals surface area contributed by atoms with Crippen LogP contribution >= 0.6 is 34.8 Å².